The molecule has 0 fully saturated rings. The van der Waals surface area contributed by atoms with Crippen molar-refractivity contribution < 1.29 is 40.5 Å². The molecule has 2 aromatic rings. The van der Waals surface area contributed by atoms with Crippen LogP contribution >= 0.6 is 0 Å². The van der Waals surface area contributed by atoms with E-state index in [9.17, 15) is 35.7 Å². The van der Waals surface area contributed by atoms with E-state index in [2.05, 4.69) is 0 Å². The lowest BCUT2D eigenvalue weighted by molar-refractivity contribution is 0.00187. The van der Waals surface area contributed by atoms with Crippen LogP contribution in [0.15, 0.2) is 12.1 Å². The number of hydrogen-bond acceptors (Lipinski definition) is 8. The molecule has 7 N–H and O–H groups in total. The van der Waals surface area contributed by atoms with E-state index in [4.69, 9.17) is 4.74 Å². The topological polar surface area (TPSA) is 151 Å². The van der Waals surface area contributed by atoms with Gasteiger partial charge in [-0.3, -0.25) is 0 Å². The van der Waals surface area contributed by atoms with Crippen LogP contribution < -0.4 is 4.74 Å². The van der Waals surface area contributed by atoms with Gasteiger partial charge in [-0.1, -0.05) is 6.92 Å². The van der Waals surface area contributed by atoms with E-state index in [0.717, 1.165) is 12.1 Å². The molecule has 0 saturated carbocycles. The van der Waals surface area contributed by atoms with Gasteiger partial charge in [0.05, 0.1) is 12.2 Å². The second-order valence-corrected chi connectivity index (χ2v) is 6.43. The molecule has 2 aromatic carbocycles. The molecular weight excluding hydrogens is 344 g/mol. The Hall–Kier alpha value is -2.84. The van der Waals surface area contributed by atoms with Crippen molar-refractivity contribution in [1.29, 1.82) is 0 Å². The first-order valence-electron chi connectivity index (χ1n) is 7.96. The molecule has 0 amide bonds. The average molecular weight is 364 g/mol. The standard InChI is InChI=1S/C18H20O8/c1-6-12-15(24)9(5-19)13(22)7(2)17(12)26-18(14(6)23)8-3-10(20)16(25)11(21)4-8/h3-4,6,14,18-25H,5H2,1-2H3. The van der Waals surface area contributed by atoms with Crippen LogP contribution in [0.1, 0.15) is 41.2 Å². The highest BCUT2D eigenvalue weighted by molar-refractivity contribution is 5.63. The Morgan fingerprint density at radius 2 is 1.54 bits per heavy atom. The van der Waals surface area contributed by atoms with Gasteiger partial charge in [0.1, 0.15) is 23.4 Å². The molecule has 1 heterocycles. The van der Waals surface area contributed by atoms with Crippen molar-refractivity contribution in [3.63, 3.8) is 0 Å². The minimum Gasteiger partial charge on any atom is -0.507 e. The van der Waals surface area contributed by atoms with Crippen molar-refractivity contribution >= 4 is 0 Å². The van der Waals surface area contributed by atoms with Gasteiger partial charge in [-0.25, -0.2) is 0 Å². The van der Waals surface area contributed by atoms with Crippen LogP contribution in [0.4, 0.5) is 0 Å². The molecule has 8 nitrogen and oxygen atoms in total. The van der Waals surface area contributed by atoms with Gasteiger partial charge in [0, 0.05) is 22.6 Å². The van der Waals surface area contributed by atoms with E-state index < -0.39 is 42.0 Å². The number of aliphatic hydroxyl groups is 2. The van der Waals surface area contributed by atoms with Crippen LogP contribution in [0.3, 0.4) is 0 Å². The fourth-order valence-corrected chi connectivity index (χ4v) is 3.33. The lowest BCUT2D eigenvalue weighted by atomic mass is 9.83. The molecule has 0 bridgehead atoms. The Morgan fingerprint density at radius 1 is 0.962 bits per heavy atom. The number of aliphatic hydroxyl groups excluding tert-OH is 2. The Balaban J connectivity index is 2.17. The number of rotatable bonds is 2. The minimum absolute atomic E-state index is 0.0535. The third kappa shape index (κ3) is 2.46. The normalized spacial score (nSPS) is 21.9. The predicted octanol–water partition coefficient (Wildman–Crippen LogP) is 1.61. The van der Waals surface area contributed by atoms with Gasteiger partial charge < -0.3 is 40.5 Å². The monoisotopic (exact) mass is 364 g/mol. The first-order chi connectivity index (χ1) is 12.2. The summed E-state index contributed by atoms with van der Waals surface area (Å²) in [7, 11) is 0. The maximum Gasteiger partial charge on any atom is 0.200 e. The SMILES string of the molecule is Cc1c(O)c(CO)c(O)c2c1OC(c1cc(O)c(O)c(O)c1)C(O)C2C. The van der Waals surface area contributed by atoms with Gasteiger partial charge in [0.15, 0.2) is 23.4 Å². The Labute approximate surface area is 148 Å². The van der Waals surface area contributed by atoms with Crippen molar-refractivity contribution in [3.05, 3.63) is 34.4 Å². The van der Waals surface area contributed by atoms with Crippen molar-refractivity contribution in [2.75, 3.05) is 0 Å². The van der Waals surface area contributed by atoms with E-state index >= 15 is 0 Å². The summed E-state index contributed by atoms with van der Waals surface area (Å²) in [5.74, 6) is -3.01. The van der Waals surface area contributed by atoms with Gasteiger partial charge in [-0.05, 0) is 19.1 Å². The number of aromatic hydroxyl groups is 5. The molecular formula is C18H20O8. The van der Waals surface area contributed by atoms with E-state index in [1.807, 2.05) is 0 Å². The summed E-state index contributed by atoms with van der Waals surface area (Å²) >= 11 is 0. The molecule has 0 radical (unpaired) electrons. The highest BCUT2D eigenvalue weighted by atomic mass is 16.5. The van der Waals surface area contributed by atoms with Crippen molar-refractivity contribution in [2.24, 2.45) is 0 Å². The molecule has 0 saturated heterocycles. The minimum atomic E-state index is -1.17. The summed E-state index contributed by atoms with van der Waals surface area (Å²) < 4.78 is 5.79. The van der Waals surface area contributed by atoms with E-state index in [1.54, 1.807) is 13.8 Å². The summed E-state index contributed by atoms with van der Waals surface area (Å²) in [6, 6.07) is 2.30. The maximum atomic E-state index is 10.7. The van der Waals surface area contributed by atoms with E-state index in [-0.39, 0.29) is 39.5 Å². The van der Waals surface area contributed by atoms with Crippen molar-refractivity contribution in [1.82, 2.24) is 0 Å². The highest BCUT2D eigenvalue weighted by Gasteiger charge is 2.40. The number of ether oxygens (including phenoxy) is 1. The summed E-state index contributed by atoms with van der Waals surface area (Å²) in [6.07, 6.45) is -2.21. The molecule has 1 aliphatic rings. The fraction of sp³-hybridized carbons (Fsp3) is 0.333. The Bertz CT molecular complexity index is 853. The molecule has 0 aliphatic carbocycles. The van der Waals surface area contributed by atoms with Gasteiger partial charge >= 0.3 is 0 Å². The van der Waals surface area contributed by atoms with Gasteiger partial charge in [-0.15, -0.1) is 0 Å². The summed E-state index contributed by atoms with van der Waals surface area (Å²) in [5, 5.41) is 69.5. The molecule has 3 unspecified atom stereocenters. The van der Waals surface area contributed by atoms with Gasteiger partial charge in [0.2, 0.25) is 0 Å². The lowest BCUT2D eigenvalue weighted by Crippen LogP contribution is -2.33. The van der Waals surface area contributed by atoms with Crippen LogP contribution in [0, 0.1) is 6.92 Å². The van der Waals surface area contributed by atoms with Crippen LogP contribution in [-0.4, -0.2) is 41.8 Å². The molecule has 1 aliphatic heterocycles. The Kier molecular flexibility index (Phi) is 4.25. The van der Waals surface area contributed by atoms with Crippen LogP contribution in [0.5, 0.6) is 34.5 Å². The zero-order valence-corrected chi connectivity index (χ0v) is 14.1. The number of phenols is 5. The first kappa shape index (κ1) is 18.0. The molecule has 140 valence electrons. The molecule has 0 aromatic heterocycles. The largest absolute Gasteiger partial charge is 0.507 e. The number of phenolic OH excluding ortho intramolecular Hbond substituents is 3. The number of benzene rings is 2. The summed E-state index contributed by atoms with van der Waals surface area (Å²) in [6.45, 7) is 2.59. The fourth-order valence-electron chi connectivity index (χ4n) is 3.33. The van der Waals surface area contributed by atoms with Crippen LogP contribution in [-0.2, 0) is 6.61 Å². The van der Waals surface area contributed by atoms with E-state index in [1.165, 1.54) is 0 Å². The summed E-state index contributed by atoms with van der Waals surface area (Å²) in [5.41, 5.74) is 0.674. The van der Waals surface area contributed by atoms with Gasteiger partial charge in [-0.2, -0.15) is 0 Å². The molecule has 26 heavy (non-hydrogen) atoms. The predicted molar refractivity (Wildman–Crippen MR) is 89.7 cm³/mol. The van der Waals surface area contributed by atoms with Crippen molar-refractivity contribution in [2.45, 2.75) is 38.6 Å². The maximum absolute atomic E-state index is 10.7. The second-order valence-electron chi connectivity index (χ2n) is 6.43. The third-order valence-corrected chi connectivity index (χ3v) is 4.87. The Morgan fingerprint density at radius 3 is 2.08 bits per heavy atom. The van der Waals surface area contributed by atoms with Crippen molar-refractivity contribution in [3.8, 4) is 34.5 Å². The lowest BCUT2D eigenvalue weighted by Gasteiger charge is -2.37. The smallest absolute Gasteiger partial charge is 0.200 e. The second kappa shape index (κ2) is 6.15. The molecule has 3 rings (SSSR count). The molecule has 3 atom stereocenters. The average Bonchev–Trinajstić information content (AvgIpc) is 2.60. The third-order valence-electron chi connectivity index (χ3n) is 4.87. The molecule has 0 spiro atoms. The van der Waals surface area contributed by atoms with Gasteiger partial charge in [0.25, 0.3) is 0 Å². The summed E-state index contributed by atoms with van der Waals surface area (Å²) in [4.78, 5) is 0. The zero-order valence-electron chi connectivity index (χ0n) is 14.1. The zero-order chi connectivity index (χ0) is 19.3. The first-order valence-corrected chi connectivity index (χ1v) is 7.96. The number of fused-ring (bicyclic) bond motifs is 1. The number of hydrogen-bond donors (Lipinski definition) is 7. The molecule has 8 heteroatoms. The van der Waals surface area contributed by atoms with Crippen LogP contribution in [0.2, 0.25) is 0 Å². The quantitative estimate of drug-likeness (QED) is 0.397. The highest BCUT2D eigenvalue weighted by Crippen LogP contribution is 2.52. The van der Waals surface area contributed by atoms with E-state index in [0.29, 0.717) is 0 Å². The van der Waals surface area contributed by atoms with Crippen LogP contribution in [0.25, 0.3) is 0 Å².